The second kappa shape index (κ2) is 14.2. The van der Waals surface area contributed by atoms with Crippen LogP contribution in [0.3, 0.4) is 0 Å². The number of anilines is 1. The highest BCUT2D eigenvalue weighted by atomic mass is 16.6. The minimum atomic E-state index is -1.31. The summed E-state index contributed by atoms with van der Waals surface area (Å²) in [6.07, 6.45) is 6.15. The standard InChI is InChI=1S/C25H36N2O7/c1-4-14-34-25(31)27(24(30)20-11-7-8-12-26(20)18-29)21-17-23(22(32-3)16-19(21)2)33-15-10-6-5-9-13-28/h4,13,16-18,20,24,30H,1,5-12,14-15H2,2-3H3. The first-order valence-electron chi connectivity index (χ1n) is 11.7. The van der Waals surface area contributed by atoms with Crippen LogP contribution in [-0.4, -0.2) is 67.9 Å². The lowest BCUT2D eigenvalue weighted by Crippen LogP contribution is -2.55. The van der Waals surface area contributed by atoms with Crippen LogP contribution in [0.1, 0.15) is 50.5 Å². The molecule has 2 atom stereocenters. The number of hydrogen-bond donors (Lipinski definition) is 1. The fourth-order valence-corrected chi connectivity index (χ4v) is 4.02. The molecular weight excluding hydrogens is 440 g/mol. The van der Waals surface area contributed by atoms with Crippen molar-refractivity contribution < 1.29 is 33.7 Å². The molecular formula is C25H36N2O7. The lowest BCUT2D eigenvalue weighted by molar-refractivity contribution is -0.124. The molecule has 2 rings (SSSR count). The number of hydrogen-bond acceptors (Lipinski definition) is 7. The van der Waals surface area contributed by atoms with Gasteiger partial charge in [-0.15, -0.1) is 0 Å². The molecule has 2 unspecified atom stereocenters. The van der Waals surface area contributed by atoms with Gasteiger partial charge in [0.1, 0.15) is 12.9 Å². The molecule has 2 amide bonds. The molecule has 1 aliphatic rings. The van der Waals surface area contributed by atoms with Gasteiger partial charge in [0.25, 0.3) is 0 Å². The van der Waals surface area contributed by atoms with E-state index in [2.05, 4.69) is 6.58 Å². The number of likely N-dealkylation sites (tertiary alicyclic amines) is 1. The van der Waals surface area contributed by atoms with Gasteiger partial charge in [0, 0.05) is 19.0 Å². The molecule has 1 saturated heterocycles. The third-order valence-corrected chi connectivity index (χ3v) is 5.82. The number of amides is 2. The van der Waals surface area contributed by atoms with Crippen LogP contribution in [0.15, 0.2) is 24.8 Å². The fourth-order valence-electron chi connectivity index (χ4n) is 4.02. The number of rotatable bonds is 14. The number of carbonyl (C=O) groups is 3. The van der Waals surface area contributed by atoms with Crippen molar-refractivity contribution in [1.82, 2.24) is 4.90 Å². The number of aliphatic hydroxyl groups excluding tert-OH is 1. The quantitative estimate of drug-likeness (QED) is 0.189. The predicted molar refractivity (Wildman–Crippen MR) is 128 cm³/mol. The van der Waals surface area contributed by atoms with Crippen LogP contribution in [0.5, 0.6) is 11.5 Å². The van der Waals surface area contributed by atoms with E-state index < -0.39 is 18.4 Å². The Balaban J connectivity index is 2.35. The van der Waals surface area contributed by atoms with Gasteiger partial charge < -0.3 is 29.0 Å². The second-order valence-corrected chi connectivity index (χ2v) is 8.21. The molecule has 1 aromatic carbocycles. The molecule has 34 heavy (non-hydrogen) atoms. The number of aliphatic hydroxyl groups is 1. The van der Waals surface area contributed by atoms with Gasteiger partial charge in [-0.2, -0.15) is 0 Å². The molecule has 0 spiro atoms. The zero-order valence-electron chi connectivity index (χ0n) is 20.1. The van der Waals surface area contributed by atoms with Crippen molar-refractivity contribution in [2.45, 2.75) is 64.1 Å². The number of aldehydes is 1. The monoisotopic (exact) mass is 476 g/mol. The maximum absolute atomic E-state index is 13.0. The topological polar surface area (TPSA) is 106 Å². The van der Waals surface area contributed by atoms with E-state index in [1.54, 1.807) is 19.1 Å². The van der Waals surface area contributed by atoms with Gasteiger partial charge in [-0.1, -0.05) is 12.7 Å². The number of piperidine rings is 1. The number of methoxy groups -OCH3 is 1. The Morgan fingerprint density at radius 2 is 2.06 bits per heavy atom. The smallest absolute Gasteiger partial charge is 0.416 e. The maximum atomic E-state index is 13.0. The summed E-state index contributed by atoms with van der Waals surface area (Å²) in [6, 6.07) is 2.81. The maximum Gasteiger partial charge on any atom is 0.416 e. The summed E-state index contributed by atoms with van der Waals surface area (Å²) in [5, 5.41) is 11.3. The number of nitrogens with zero attached hydrogens (tertiary/aromatic N) is 2. The van der Waals surface area contributed by atoms with Gasteiger partial charge in [-0.05, 0) is 57.1 Å². The van der Waals surface area contributed by atoms with E-state index in [9.17, 15) is 19.5 Å². The summed E-state index contributed by atoms with van der Waals surface area (Å²) in [7, 11) is 1.53. The molecule has 0 aliphatic carbocycles. The van der Waals surface area contributed by atoms with Gasteiger partial charge in [-0.25, -0.2) is 9.69 Å². The summed E-state index contributed by atoms with van der Waals surface area (Å²) in [5.41, 5.74) is 1.06. The van der Waals surface area contributed by atoms with Crippen molar-refractivity contribution in [3.05, 3.63) is 30.4 Å². The number of aryl methyl sites for hydroxylation is 1. The molecule has 9 heteroatoms. The average molecular weight is 477 g/mol. The first-order valence-corrected chi connectivity index (χ1v) is 11.7. The highest BCUT2D eigenvalue weighted by Gasteiger charge is 2.37. The Morgan fingerprint density at radius 1 is 1.26 bits per heavy atom. The normalized spacial score (nSPS) is 16.3. The van der Waals surface area contributed by atoms with Crippen molar-refractivity contribution >= 4 is 24.5 Å². The van der Waals surface area contributed by atoms with Crippen molar-refractivity contribution in [3.63, 3.8) is 0 Å². The Labute approximate surface area is 201 Å². The zero-order chi connectivity index (χ0) is 24.9. The van der Waals surface area contributed by atoms with Crippen LogP contribution in [0.4, 0.5) is 10.5 Å². The minimum Gasteiger partial charge on any atom is -0.493 e. The van der Waals surface area contributed by atoms with Crippen molar-refractivity contribution in [2.24, 2.45) is 0 Å². The molecule has 1 aliphatic heterocycles. The molecule has 1 N–H and O–H groups in total. The molecule has 0 saturated carbocycles. The lowest BCUT2D eigenvalue weighted by Gasteiger charge is -2.40. The predicted octanol–water partition coefficient (Wildman–Crippen LogP) is 3.60. The van der Waals surface area contributed by atoms with E-state index in [1.807, 2.05) is 0 Å². The summed E-state index contributed by atoms with van der Waals surface area (Å²) in [6.45, 7) is 6.26. The first kappa shape index (κ1) is 27.2. The molecule has 1 fully saturated rings. The summed E-state index contributed by atoms with van der Waals surface area (Å²) in [5.74, 6) is 0.915. The molecule has 1 heterocycles. The Bertz CT molecular complexity index is 830. The van der Waals surface area contributed by atoms with Crippen LogP contribution in [-0.2, 0) is 14.3 Å². The molecule has 0 bridgehead atoms. The van der Waals surface area contributed by atoms with Crippen LogP contribution in [0.25, 0.3) is 0 Å². The Morgan fingerprint density at radius 3 is 2.74 bits per heavy atom. The molecule has 188 valence electrons. The average Bonchev–Trinajstić information content (AvgIpc) is 2.86. The molecule has 1 aromatic rings. The molecule has 9 nitrogen and oxygen atoms in total. The van der Waals surface area contributed by atoms with E-state index in [-0.39, 0.29) is 6.61 Å². The molecule has 0 aromatic heterocycles. The third kappa shape index (κ3) is 7.21. The van der Waals surface area contributed by atoms with Crippen molar-refractivity contribution in [1.29, 1.82) is 0 Å². The molecule has 0 radical (unpaired) electrons. The van der Waals surface area contributed by atoms with Gasteiger partial charge >= 0.3 is 6.09 Å². The summed E-state index contributed by atoms with van der Waals surface area (Å²) in [4.78, 5) is 37.8. The van der Waals surface area contributed by atoms with Gasteiger partial charge in [0.05, 0.1) is 25.4 Å². The first-order chi connectivity index (χ1) is 16.5. The van der Waals surface area contributed by atoms with E-state index in [0.717, 1.165) is 38.4 Å². The Hall–Kier alpha value is -3.07. The van der Waals surface area contributed by atoms with Gasteiger partial charge in [0.15, 0.2) is 17.7 Å². The largest absolute Gasteiger partial charge is 0.493 e. The highest BCUT2D eigenvalue weighted by Crippen LogP contribution is 2.37. The van der Waals surface area contributed by atoms with Crippen LogP contribution >= 0.6 is 0 Å². The number of ether oxygens (including phenoxy) is 3. The SMILES string of the molecule is C=CCOC(=O)N(c1cc(OCCCCCC=O)c(OC)cc1C)C(O)C1CCCCN1C=O. The number of unbranched alkanes of at least 4 members (excludes halogenated alkanes) is 3. The summed E-state index contributed by atoms with van der Waals surface area (Å²) >= 11 is 0. The van der Waals surface area contributed by atoms with Crippen LogP contribution < -0.4 is 14.4 Å². The number of benzene rings is 1. The minimum absolute atomic E-state index is 0.0243. The third-order valence-electron chi connectivity index (χ3n) is 5.82. The van der Waals surface area contributed by atoms with E-state index in [4.69, 9.17) is 14.2 Å². The zero-order valence-corrected chi connectivity index (χ0v) is 20.1. The van der Waals surface area contributed by atoms with Crippen LogP contribution in [0, 0.1) is 6.92 Å². The van der Waals surface area contributed by atoms with Crippen molar-refractivity contribution in [3.8, 4) is 11.5 Å². The van der Waals surface area contributed by atoms with Gasteiger partial charge in [0.2, 0.25) is 6.41 Å². The fraction of sp³-hybridized carbons (Fsp3) is 0.560. The second-order valence-electron chi connectivity index (χ2n) is 8.21. The van der Waals surface area contributed by atoms with Crippen molar-refractivity contribution in [2.75, 3.05) is 31.8 Å². The van der Waals surface area contributed by atoms with Crippen LogP contribution in [0.2, 0.25) is 0 Å². The van der Waals surface area contributed by atoms with Gasteiger partial charge in [-0.3, -0.25) is 4.79 Å². The summed E-state index contributed by atoms with van der Waals surface area (Å²) < 4.78 is 16.7. The Kier molecular flexibility index (Phi) is 11.4. The highest BCUT2D eigenvalue weighted by molar-refractivity contribution is 5.90. The van der Waals surface area contributed by atoms with E-state index >= 15 is 0 Å². The van der Waals surface area contributed by atoms with E-state index in [0.29, 0.717) is 55.2 Å². The lowest BCUT2D eigenvalue weighted by atomic mass is 10.00. The van der Waals surface area contributed by atoms with E-state index in [1.165, 1.54) is 23.0 Å². The number of carbonyl (C=O) groups excluding carboxylic acids is 3.